The Labute approximate surface area is 204 Å². The lowest BCUT2D eigenvalue weighted by Gasteiger charge is -2.22. The number of nitrogens with zero attached hydrogens (tertiary/aromatic N) is 1. The summed E-state index contributed by atoms with van der Waals surface area (Å²) in [6, 6.07) is 20.2. The number of nitrogens with one attached hydrogen (secondary N) is 1. The minimum Gasteiger partial charge on any atom is -0.494 e. The van der Waals surface area contributed by atoms with Gasteiger partial charge in [0.25, 0.3) is 0 Å². The Hall–Kier alpha value is -2.58. The first-order valence-corrected chi connectivity index (χ1v) is 12.5. The predicted molar refractivity (Wildman–Crippen MR) is 130 cm³/mol. The van der Waals surface area contributed by atoms with E-state index in [4.69, 9.17) is 27.9 Å². The number of ether oxygens (including phenoxy) is 1. The van der Waals surface area contributed by atoms with Gasteiger partial charge < -0.3 is 10.1 Å². The van der Waals surface area contributed by atoms with Crippen LogP contribution in [0.15, 0.2) is 77.7 Å². The van der Waals surface area contributed by atoms with E-state index in [-0.39, 0.29) is 24.5 Å². The summed E-state index contributed by atoms with van der Waals surface area (Å²) >= 11 is 12.1. The van der Waals surface area contributed by atoms with E-state index in [1.807, 2.05) is 37.3 Å². The van der Waals surface area contributed by atoms with E-state index >= 15 is 0 Å². The number of benzene rings is 3. The highest BCUT2D eigenvalue weighted by Gasteiger charge is 2.27. The Morgan fingerprint density at radius 2 is 1.70 bits per heavy atom. The van der Waals surface area contributed by atoms with Crippen LogP contribution >= 0.6 is 23.2 Å². The molecule has 3 aromatic carbocycles. The highest BCUT2D eigenvalue weighted by molar-refractivity contribution is 7.89. The van der Waals surface area contributed by atoms with Crippen molar-refractivity contribution in [3.05, 3.63) is 94.0 Å². The quantitative estimate of drug-likeness (QED) is 0.424. The van der Waals surface area contributed by atoms with Crippen LogP contribution in [-0.2, 0) is 27.9 Å². The summed E-state index contributed by atoms with van der Waals surface area (Å²) in [5.41, 5.74) is 1.44. The maximum atomic E-state index is 13.4. The smallest absolute Gasteiger partial charge is 0.243 e. The molecule has 1 N–H and O–H groups in total. The van der Waals surface area contributed by atoms with Gasteiger partial charge in [-0.3, -0.25) is 4.79 Å². The number of carbonyl (C=O) groups is 1. The zero-order chi connectivity index (χ0) is 23.8. The molecule has 3 aromatic rings. The van der Waals surface area contributed by atoms with Gasteiger partial charge >= 0.3 is 0 Å². The molecule has 0 radical (unpaired) electrons. The third-order valence-corrected chi connectivity index (χ3v) is 7.18. The molecule has 0 saturated heterocycles. The molecule has 1 amide bonds. The summed E-state index contributed by atoms with van der Waals surface area (Å²) in [6.07, 6.45) is 0. The maximum Gasteiger partial charge on any atom is 0.243 e. The molecule has 0 saturated carbocycles. The van der Waals surface area contributed by atoms with E-state index in [2.05, 4.69) is 5.32 Å². The molecular formula is C24H24Cl2N2O4S. The number of carbonyl (C=O) groups excluding carboxylic acids is 1. The largest absolute Gasteiger partial charge is 0.494 e. The predicted octanol–water partition coefficient (Wildman–Crippen LogP) is 4.90. The normalized spacial score (nSPS) is 11.4. The fraction of sp³-hybridized carbons (Fsp3) is 0.208. The minimum absolute atomic E-state index is 0.0471. The van der Waals surface area contributed by atoms with Crippen molar-refractivity contribution in [3.63, 3.8) is 0 Å². The van der Waals surface area contributed by atoms with Gasteiger partial charge in [-0.25, -0.2) is 8.42 Å². The van der Waals surface area contributed by atoms with Crippen molar-refractivity contribution < 1.29 is 17.9 Å². The summed E-state index contributed by atoms with van der Waals surface area (Å²) in [6.45, 7) is 2.17. The number of hydrogen-bond acceptors (Lipinski definition) is 4. The third-order valence-electron chi connectivity index (χ3n) is 4.79. The zero-order valence-corrected chi connectivity index (χ0v) is 20.3. The Balaban J connectivity index is 1.79. The molecule has 0 unspecified atom stereocenters. The number of halogens is 2. The lowest BCUT2D eigenvalue weighted by molar-refractivity contribution is -0.121. The molecule has 6 nitrogen and oxygen atoms in total. The Bertz CT molecular complexity index is 1190. The van der Waals surface area contributed by atoms with Crippen molar-refractivity contribution in [1.82, 2.24) is 9.62 Å². The molecule has 33 heavy (non-hydrogen) atoms. The highest BCUT2D eigenvalue weighted by Crippen LogP contribution is 2.22. The summed E-state index contributed by atoms with van der Waals surface area (Å²) in [4.78, 5) is 12.8. The molecule has 9 heteroatoms. The van der Waals surface area contributed by atoms with Crippen molar-refractivity contribution in [2.75, 3.05) is 13.2 Å². The molecule has 0 aliphatic heterocycles. The van der Waals surface area contributed by atoms with Crippen molar-refractivity contribution in [2.24, 2.45) is 0 Å². The van der Waals surface area contributed by atoms with Gasteiger partial charge in [0, 0.05) is 23.1 Å². The van der Waals surface area contributed by atoms with E-state index in [9.17, 15) is 13.2 Å². The molecule has 0 aromatic heterocycles. The fourth-order valence-corrected chi connectivity index (χ4v) is 4.97. The van der Waals surface area contributed by atoms with E-state index < -0.39 is 15.9 Å². The lowest BCUT2D eigenvalue weighted by Crippen LogP contribution is -2.40. The lowest BCUT2D eigenvalue weighted by atomic mass is 10.2. The second kappa shape index (κ2) is 11.5. The van der Waals surface area contributed by atoms with Crippen molar-refractivity contribution in [2.45, 2.75) is 24.9 Å². The maximum absolute atomic E-state index is 13.4. The standard InChI is InChI=1S/C24H24Cl2N2O4S/c1-2-32-21-10-12-22(13-11-21)33(30,31)28(16-18-6-4-3-5-7-18)17-24(29)27-15-19-8-9-20(25)14-23(19)26/h3-14H,2,15-17H2,1H3,(H,27,29). The van der Waals surface area contributed by atoms with Crippen molar-refractivity contribution in [3.8, 4) is 5.75 Å². The second-order valence-corrected chi connectivity index (χ2v) is 9.96. The van der Waals surface area contributed by atoms with Crippen LogP contribution in [0.2, 0.25) is 10.0 Å². The van der Waals surface area contributed by atoms with Gasteiger partial charge in [0.15, 0.2) is 0 Å². The van der Waals surface area contributed by atoms with Gasteiger partial charge in [-0.1, -0.05) is 59.6 Å². The first-order valence-electron chi connectivity index (χ1n) is 10.3. The van der Waals surface area contributed by atoms with Crippen LogP contribution in [0.1, 0.15) is 18.1 Å². The van der Waals surface area contributed by atoms with Crippen LogP contribution in [0.5, 0.6) is 5.75 Å². The van der Waals surface area contributed by atoms with Gasteiger partial charge in [-0.05, 0) is 54.4 Å². The van der Waals surface area contributed by atoms with Crippen molar-refractivity contribution >= 4 is 39.1 Å². The van der Waals surface area contributed by atoms with Crippen LogP contribution in [0.4, 0.5) is 0 Å². The van der Waals surface area contributed by atoms with E-state index in [1.165, 1.54) is 12.1 Å². The Morgan fingerprint density at radius 1 is 1.00 bits per heavy atom. The SMILES string of the molecule is CCOc1ccc(S(=O)(=O)N(CC(=O)NCc2ccc(Cl)cc2Cl)Cc2ccccc2)cc1. The molecule has 174 valence electrons. The average molecular weight is 507 g/mol. The third kappa shape index (κ3) is 6.95. The molecule has 0 aliphatic carbocycles. The summed E-state index contributed by atoms with van der Waals surface area (Å²) < 4.78 is 33.3. The highest BCUT2D eigenvalue weighted by atomic mass is 35.5. The van der Waals surface area contributed by atoms with Crippen molar-refractivity contribution in [1.29, 1.82) is 0 Å². The van der Waals surface area contributed by atoms with Crippen LogP contribution in [0.25, 0.3) is 0 Å². The van der Waals surface area contributed by atoms with Crippen LogP contribution in [0.3, 0.4) is 0 Å². The van der Waals surface area contributed by atoms with Crippen LogP contribution in [-0.4, -0.2) is 31.8 Å². The molecule has 0 bridgehead atoms. The van der Waals surface area contributed by atoms with Gasteiger partial charge in [-0.2, -0.15) is 4.31 Å². The molecule has 0 heterocycles. The Morgan fingerprint density at radius 3 is 2.33 bits per heavy atom. The summed E-state index contributed by atoms with van der Waals surface area (Å²) in [7, 11) is -3.95. The number of hydrogen-bond donors (Lipinski definition) is 1. The van der Waals surface area contributed by atoms with Crippen LogP contribution < -0.4 is 10.1 Å². The first-order chi connectivity index (χ1) is 15.8. The molecule has 0 aliphatic rings. The summed E-state index contributed by atoms with van der Waals surface area (Å²) in [5, 5.41) is 3.65. The number of amides is 1. The first kappa shape index (κ1) is 25.1. The topological polar surface area (TPSA) is 75.7 Å². The Kier molecular flexibility index (Phi) is 8.74. The molecule has 3 rings (SSSR count). The van der Waals surface area contributed by atoms with Crippen LogP contribution in [0, 0.1) is 0 Å². The molecular weight excluding hydrogens is 483 g/mol. The fourth-order valence-electron chi connectivity index (χ4n) is 3.11. The average Bonchev–Trinajstić information content (AvgIpc) is 2.79. The van der Waals surface area contributed by atoms with E-state index in [0.29, 0.717) is 28.0 Å². The minimum atomic E-state index is -3.95. The number of sulfonamides is 1. The second-order valence-electron chi connectivity index (χ2n) is 7.18. The molecule has 0 spiro atoms. The number of rotatable bonds is 10. The van der Waals surface area contributed by atoms with E-state index in [0.717, 1.165) is 9.87 Å². The van der Waals surface area contributed by atoms with Gasteiger partial charge in [0.1, 0.15) is 5.75 Å². The monoisotopic (exact) mass is 506 g/mol. The van der Waals surface area contributed by atoms with Gasteiger partial charge in [-0.15, -0.1) is 0 Å². The molecule has 0 atom stereocenters. The molecule has 0 fully saturated rings. The van der Waals surface area contributed by atoms with Gasteiger partial charge in [0.05, 0.1) is 18.0 Å². The zero-order valence-electron chi connectivity index (χ0n) is 18.0. The summed E-state index contributed by atoms with van der Waals surface area (Å²) in [5.74, 6) is 0.120. The van der Waals surface area contributed by atoms with E-state index in [1.54, 1.807) is 30.3 Å². The van der Waals surface area contributed by atoms with Gasteiger partial charge in [0.2, 0.25) is 15.9 Å².